The largest absolute Gasteiger partial charge is 0.354 e. The molecule has 24 heavy (non-hydrogen) atoms. The molecule has 0 aliphatic carbocycles. The minimum atomic E-state index is 0.393. The summed E-state index contributed by atoms with van der Waals surface area (Å²) in [6.45, 7) is 2.93. The molecule has 124 valence electrons. The van der Waals surface area contributed by atoms with Gasteiger partial charge in [0.1, 0.15) is 11.6 Å². The van der Waals surface area contributed by atoms with Crippen LogP contribution < -0.4 is 4.90 Å². The van der Waals surface area contributed by atoms with E-state index < -0.39 is 0 Å². The van der Waals surface area contributed by atoms with Crippen LogP contribution in [0, 0.1) is 0 Å². The molecule has 1 saturated heterocycles. The molecule has 5 rings (SSSR count). The fourth-order valence-corrected chi connectivity index (χ4v) is 4.15. The molecule has 4 heterocycles. The molecule has 6 nitrogen and oxygen atoms in total. The molecule has 0 spiro atoms. The second-order valence-corrected chi connectivity index (χ2v) is 7.10. The van der Waals surface area contributed by atoms with E-state index in [-0.39, 0.29) is 0 Å². The van der Waals surface area contributed by atoms with Gasteiger partial charge in [-0.25, -0.2) is 0 Å². The number of fused-ring (bicyclic) bond motifs is 2. The maximum Gasteiger partial charge on any atom is 0.180 e. The van der Waals surface area contributed by atoms with Gasteiger partial charge in [0.05, 0.1) is 5.39 Å². The summed E-state index contributed by atoms with van der Waals surface area (Å²) in [4.78, 5) is 2.30. The van der Waals surface area contributed by atoms with Gasteiger partial charge >= 0.3 is 0 Å². The average molecular weight is 344 g/mol. The van der Waals surface area contributed by atoms with Crippen LogP contribution in [0.2, 0.25) is 5.02 Å². The highest BCUT2D eigenvalue weighted by Crippen LogP contribution is 2.34. The van der Waals surface area contributed by atoms with Crippen LogP contribution in [0.5, 0.6) is 0 Å². The maximum atomic E-state index is 6.15. The quantitative estimate of drug-likeness (QED) is 0.713. The van der Waals surface area contributed by atoms with E-state index in [0.29, 0.717) is 10.9 Å². The lowest BCUT2D eigenvalue weighted by molar-refractivity contribution is 0.436. The van der Waals surface area contributed by atoms with Crippen molar-refractivity contribution in [2.75, 3.05) is 18.0 Å². The lowest BCUT2D eigenvalue weighted by Gasteiger charge is -2.32. The van der Waals surface area contributed by atoms with Gasteiger partial charge in [-0.15, -0.1) is 10.2 Å². The molecular weight excluding hydrogens is 326 g/mol. The van der Waals surface area contributed by atoms with Crippen molar-refractivity contribution in [3.8, 4) is 0 Å². The SMILES string of the molecule is Clc1ccc2onc(N3CCC[C@H](c4nnc5n4CCC5)C3)c2c1. The normalized spacial score (nSPS) is 20.7. The van der Waals surface area contributed by atoms with Gasteiger partial charge in [0.25, 0.3) is 0 Å². The Hall–Kier alpha value is -2.08. The van der Waals surface area contributed by atoms with Crippen LogP contribution >= 0.6 is 11.6 Å². The zero-order valence-electron chi connectivity index (χ0n) is 13.3. The third-order valence-electron chi connectivity index (χ3n) is 5.14. The van der Waals surface area contributed by atoms with Gasteiger partial charge < -0.3 is 14.0 Å². The zero-order valence-corrected chi connectivity index (χ0v) is 14.0. The highest BCUT2D eigenvalue weighted by Gasteiger charge is 2.30. The highest BCUT2D eigenvalue weighted by molar-refractivity contribution is 6.31. The third-order valence-corrected chi connectivity index (χ3v) is 5.37. The smallest absolute Gasteiger partial charge is 0.180 e. The van der Waals surface area contributed by atoms with Gasteiger partial charge in [-0.2, -0.15) is 0 Å². The molecule has 1 fully saturated rings. The van der Waals surface area contributed by atoms with Crippen molar-refractivity contribution < 1.29 is 4.52 Å². The standard InChI is InChI=1S/C17H18ClN5O/c18-12-5-6-14-13(9-12)17(21-24-14)22-7-1-3-11(10-22)16-20-19-15-4-2-8-23(15)16/h5-6,9,11H,1-4,7-8,10H2/t11-/m0/s1. The van der Waals surface area contributed by atoms with E-state index >= 15 is 0 Å². The molecule has 0 saturated carbocycles. The zero-order chi connectivity index (χ0) is 16.1. The molecule has 0 unspecified atom stereocenters. The molecule has 1 atom stereocenters. The Kier molecular flexibility index (Phi) is 3.26. The molecular formula is C17H18ClN5O. The van der Waals surface area contributed by atoms with Crippen molar-refractivity contribution in [3.63, 3.8) is 0 Å². The molecule has 0 amide bonds. The van der Waals surface area contributed by atoms with E-state index in [1.165, 1.54) is 6.42 Å². The number of anilines is 1. The maximum absolute atomic E-state index is 6.15. The van der Waals surface area contributed by atoms with E-state index in [4.69, 9.17) is 16.1 Å². The summed E-state index contributed by atoms with van der Waals surface area (Å²) in [6.07, 6.45) is 4.49. The lowest BCUT2D eigenvalue weighted by atomic mass is 9.97. The van der Waals surface area contributed by atoms with Gasteiger partial charge in [0.2, 0.25) is 0 Å². The van der Waals surface area contributed by atoms with E-state index in [0.717, 1.165) is 67.3 Å². The van der Waals surface area contributed by atoms with Gasteiger partial charge in [-0.3, -0.25) is 0 Å². The number of nitrogens with zero attached hydrogens (tertiary/aromatic N) is 5. The molecule has 3 aromatic rings. The molecule has 0 N–H and O–H groups in total. The number of hydrogen-bond donors (Lipinski definition) is 0. The summed E-state index contributed by atoms with van der Waals surface area (Å²) in [5.74, 6) is 3.56. The van der Waals surface area contributed by atoms with Gasteiger partial charge in [0, 0.05) is 37.0 Å². The average Bonchev–Trinajstić information content (AvgIpc) is 3.29. The molecule has 2 aromatic heterocycles. The third kappa shape index (κ3) is 2.20. The van der Waals surface area contributed by atoms with Crippen molar-refractivity contribution in [1.29, 1.82) is 0 Å². The first-order valence-corrected chi connectivity index (χ1v) is 8.89. The van der Waals surface area contributed by atoms with Crippen LogP contribution in [0.3, 0.4) is 0 Å². The van der Waals surface area contributed by atoms with Crippen molar-refractivity contribution in [3.05, 3.63) is 34.9 Å². The molecule has 1 aromatic carbocycles. The number of benzene rings is 1. The summed E-state index contributed by atoms with van der Waals surface area (Å²) in [5, 5.41) is 14.8. The summed E-state index contributed by atoms with van der Waals surface area (Å²) in [6, 6.07) is 5.64. The van der Waals surface area contributed by atoms with Crippen molar-refractivity contribution >= 4 is 28.4 Å². The molecule has 0 radical (unpaired) electrons. The number of hydrogen-bond acceptors (Lipinski definition) is 5. The van der Waals surface area contributed by atoms with Crippen molar-refractivity contribution in [2.24, 2.45) is 0 Å². The van der Waals surface area contributed by atoms with E-state index in [1.54, 1.807) is 0 Å². The fourth-order valence-electron chi connectivity index (χ4n) is 3.98. The van der Waals surface area contributed by atoms with E-state index in [2.05, 4.69) is 24.8 Å². The highest BCUT2D eigenvalue weighted by atomic mass is 35.5. The Morgan fingerprint density at radius 1 is 1.17 bits per heavy atom. The number of halogens is 1. The van der Waals surface area contributed by atoms with Crippen LogP contribution in [-0.4, -0.2) is 33.0 Å². The summed E-state index contributed by atoms with van der Waals surface area (Å²) >= 11 is 6.15. The monoisotopic (exact) mass is 343 g/mol. The Morgan fingerprint density at radius 3 is 3.08 bits per heavy atom. The number of rotatable bonds is 2. The van der Waals surface area contributed by atoms with E-state index in [9.17, 15) is 0 Å². The molecule has 0 bridgehead atoms. The van der Waals surface area contributed by atoms with Gasteiger partial charge in [0.15, 0.2) is 11.4 Å². The first-order valence-electron chi connectivity index (χ1n) is 8.51. The molecule has 2 aliphatic rings. The van der Waals surface area contributed by atoms with Gasteiger partial charge in [-0.05, 0) is 37.5 Å². The Morgan fingerprint density at radius 2 is 2.12 bits per heavy atom. The van der Waals surface area contributed by atoms with Crippen LogP contribution in [0.15, 0.2) is 22.7 Å². The van der Waals surface area contributed by atoms with Crippen LogP contribution in [-0.2, 0) is 13.0 Å². The topological polar surface area (TPSA) is 60.0 Å². The minimum Gasteiger partial charge on any atom is -0.354 e. The lowest BCUT2D eigenvalue weighted by Crippen LogP contribution is -2.35. The second kappa shape index (κ2) is 5.48. The Bertz CT molecular complexity index is 902. The van der Waals surface area contributed by atoms with Crippen molar-refractivity contribution in [2.45, 2.75) is 38.1 Å². The Labute approximate surface area is 144 Å². The number of piperidine rings is 1. The van der Waals surface area contributed by atoms with E-state index in [1.807, 2.05) is 18.2 Å². The number of aryl methyl sites for hydroxylation is 1. The predicted octanol–water partition coefficient (Wildman–Crippen LogP) is 3.40. The molecule has 7 heteroatoms. The molecule has 2 aliphatic heterocycles. The summed E-state index contributed by atoms with van der Waals surface area (Å²) in [7, 11) is 0. The Balaban J connectivity index is 1.47. The summed E-state index contributed by atoms with van der Waals surface area (Å²) < 4.78 is 7.79. The minimum absolute atomic E-state index is 0.393. The van der Waals surface area contributed by atoms with Gasteiger partial charge in [-0.1, -0.05) is 16.8 Å². The second-order valence-electron chi connectivity index (χ2n) is 6.66. The van der Waals surface area contributed by atoms with Crippen LogP contribution in [0.4, 0.5) is 5.82 Å². The van der Waals surface area contributed by atoms with Crippen LogP contribution in [0.25, 0.3) is 11.0 Å². The predicted molar refractivity (Wildman–Crippen MR) is 91.6 cm³/mol. The van der Waals surface area contributed by atoms with Crippen LogP contribution in [0.1, 0.15) is 36.8 Å². The van der Waals surface area contributed by atoms with Crippen molar-refractivity contribution in [1.82, 2.24) is 19.9 Å². The first kappa shape index (κ1) is 14.3. The fraction of sp³-hybridized carbons (Fsp3) is 0.471. The summed E-state index contributed by atoms with van der Waals surface area (Å²) in [5.41, 5.74) is 0.778. The first-order chi connectivity index (χ1) is 11.8. The number of aromatic nitrogens is 4.